The maximum absolute atomic E-state index is 12.7. The second-order valence-corrected chi connectivity index (χ2v) is 6.57. The van der Waals surface area contributed by atoms with E-state index in [1.54, 1.807) is 36.4 Å². The number of carbonyl (C=O) groups excluding carboxylic acids is 2. The summed E-state index contributed by atoms with van der Waals surface area (Å²) in [6, 6.07) is 13.5. The number of halogens is 1. The summed E-state index contributed by atoms with van der Waals surface area (Å²) in [6.45, 7) is 4.17. The van der Waals surface area contributed by atoms with Crippen LogP contribution in [0.4, 0.5) is 5.69 Å². The normalized spacial score (nSPS) is 14.5. The van der Waals surface area contributed by atoms with Crippen LogP contribution in [0.15, 0.2) is 48.5 Å². The summed E-state index contributed by atoms with van der Waals surface area (Å²) < 4.78 is 5.40. The number of carbonyl (C=O) groups is 2. The Labute approximate surface area is 157 Å². The molecule has 1 heterocycles. The van der Waals surface area contributed by atoms with E-state index >= 15 is 0 Å². The molecule has 1 saturated heterocycles. The van der Waals surface area contributed by atoms with Crippen LogP contribution < -0.4 is 10.1 Å². The molecule has 0 spiro atoms. The van der Waals surface area contributed by atoms with Crippen LogP contribution in [0.2, 0.25) is 5.02 Å². The lowest BCUT2D eigenvalue weighted by molar-refractivity contribution is -0.119. The third kappa shape index (κ3) is 4.84. The van der Waals surface area contributed by atoms with E-state index in [0.29, 0.717) is 22.9 Å². The standard InChI is InChI=1S/C20H21ClN2O3/c1-2-26-17-9-7-16(8-10-17)22-20(25)18(23-11-12-23)13-19(24)14-3-5-15(21)6-4-14/h3-10,18H,2,11-13H2,1H3,(H,22,25). The highest BCUT2D eigenvalue weighted by molar-refractivity contribution is 6.30. The predicted molar refractivity (Wildman–Crippen MR) is 102 cm³/mol. The molecule has 1 aliphatic rings. The van der Waals surface area contributed by atoms with Crippen LogP contribution in [0, 0.1) is 0 Å². The number of hydrogen-bond acceptors (Lipinski definition) is 4. The molecule has 1 N–H and O–H groups in total. The second-order valence-electron chi connectivity index (χ2n) is 6.13. The van der Waals surface area contributed by atoms with Crippen molar-refractivity contribution in [1.29, 1.82) is 0 Å². The maximum atomic E-state index is 12.7. The van der Waals surface area contributed by atoms with E-state index in [1.165, 1.54) is 0 Å². The molecule has 1 amide bonds. The molecule has 26 heavy (non-hydrogen) atoms. The Balaban J connectivity index is 1.64. The van der Waals surface area contributed by atoms with E-state index in [1.807, 2.05) is 24.0 Å². The van der Waals surface area contributed by atoms with Crippen molar-refractivity contribution in [2.24, 2.45) is 0 Å². The molecule has 0 bridgehead atoms. The number of benzene rings is 2. The molecular weight excluding hydrogens is 352 g/mol. The molecule has 6 heteroatoms. The van der Waals surface area contributed by atoms with Crippen LogP contribution >= 0.6 is 11.6 Å². The summed E-state index contributed by atoms with van der Waals surface area (Å²) in [5.41, 5.74) is 1.25. The minimum absolute atomic E-state index is 0.0691. The van der Waals surface area contributed by atoms with Gasteiger partial charge in [0.2, 0.25) is 5.91 Å². The number of ketones is 1. The van der Waals surface area contributed by atoms with Gasteiger partial charge in [0.1, 0.15) is 5.75 Å². The summed E-state index contributed by atoms with van der Waals surface area (Å²) in [5, 5.41) is 3.47. The van der Waals surface area contributed by atoms with Crippen molar-refractivity contribution in [3.8, 4) is 5.75 Å². The zero-order valence-corrected chi connectivity index (χ0v) is 15.3. The molecule has 1 aliphatic heterocycles. The van der Waals surface area contributed by atoms with Crippen LogP contribution in [-0.4, -0.2) is 42.3 Å². The van der Waals surface area contributed by atoms with Crippen molar-refractivity contribution in [3.63, 3.8) is 0 Å². The average Bonchev–Trinajstić information content (AvgIpc) is 3.47. The van der Waals surface area contributed by atoms with Crippen LogP contribution in [0.5, 0.6) is 5.75 Å². The van der Waals surface area contributed by atoms with Crippen molar-refractivity contribution in [2.45, 2.75) is 19.4 Å². The Morgan fingerprint density at radius 1 is 1.12 bits per heavy atom. The van der Waals surface area contributed by atoms with Gasteiger partial charge in [0.15, 0.2) is 5.78 Å². The van der Waals surface area contributed by atoms with E-state index in [2.05, 4.69) is 5.32 Å². The van der Waals surface area contributed by atoms with E-state index < -0.39 is 6.04 Å². The van der Waals surface area contributed by atoms with Gasteiger partial charge in [-0.15, -0.1) is 0 Å². The van der Waals surface area contributed by atoms with Gasteiger partial charge in [-0.25, -0.2) is 0 Å². The number of amides is 1. The van der Waals surface area contributed by atoms with Crippen molar-refractivity contribution >= 4 is 29.0 Å². The molecule has 1 unspecified atom stereocenters. The molecule has 1 fully saturated rings. The number of anilines is 1. The van der Waals surface area contributed by atoms with Crippen LogP contribution in [0.25, 0.3) is 0 Å². The molecule has 2 aromatic rings. The Bertz CT molecular complexity index is 771. The van der Waals surface area contributed by atoms with Gasteiger partial charge < -0.3 is 10.1 Å². The highest BCUT2D eigenvalue weighted by Crippen LogP contribution is 2.21. The number of ether oxygens (including phenoxy) is 1. The minimum atomic E-state index is -0.468. The van der Waals surface area contributed by atoms with Crippen molar-refractivity contribution in [3.05, 3.63) is 59.1 Å². The number of rotatable bonds is 8. The molecule has 1 atom stereocenters. The number of Topliss-reactive ketones (excluding diaryl/α,β-unsaturated/α-hetero) is 1. The zero-order chi connectivity index (χ0) is 18.5. The van der Waals surface area contributed by atoms with Crippen molar-refractivity contribution in [1.82, 2.24) is 4.90 Å². The number of nitrogens with zero attached hydrogens (tertiary/aromatic N) is 1. The lowest BCUT2D eigenvalue weighted by atomic mass is 10.0. The van der Waals surface area contributed by atoms with E-state index in [9.17, 15) is 9.59 Å². The van der Waals surface area contributed by atoms with E-state index in [4.69, 9.17) is 16.3 Å². The summed E-state index contributed by atoms with van der Waals surface area (Å²) in [4.78, 5) is 27.2. The Morgan fingerprint density at radius 3 is 2.35 bits per heavy atom. The first-order chi connectivity index (χ1) is 12.6. The van der Waals surface area contributed by atoms with Gasteiger partial charge >= 0.3 is 0 Å². The Kier molecular flexibility index (Phi) is 5.91. The largest absolute Gasteiger partial charge is 0.494 e. The predicted octanol–water partition coefficient (Wildman–Crippen LogP) is 3.63. The molecule has 136 valence electrons. The fraction of sp³-hybridized carbons (Fsp3) is 0.300. The first-order valence-corrected chi connectivity index (χ1v) is 9.01. The molecular formula is C20H21ClN2O3. The molecule has 5 nitrogen and oxygen atoms in total. The summed E-state index contributed by atoms with van der Waals surface area (Å²) in [7, 11) is 0. The van der Waals surface area contributed by atoms with Gasteiger partial charge in [0.25, 0.3) is 0 Å². The fourth-order valence-electron chi connectivity index (χ4n) is 2.71. The maximum Gasteiger partial charge on any atom is 0.242 e. The Hall–Kier alpha value is -2.37. The minimum Gasteiger partial charge on any atom is -0.494 e. The molecule has 0 aliphatic carbocycles. The Morgan fingerprint density at radius 2 is 1.77 bits per heavy atom. The lowest BCUT2D eigenvalue weighted by Crippen LogP contribution is -2.36. The van der Waals surface area contributed by atoms with Gasteiger partial charge in [-0.1, -0.05) is 11.6 Å². The average molecular weight is 373 g/mol. The third-order valence-corrected chi connectivity index (χ3v) is 4.46. The number of hydrogen-bond donors (Lipinski definition) is 1. The molecule has 2 aromatic carbocycles. The quantitative estimate of drug-likeness (QED) is 0.567. The highest BCUT2D eigenvalue weighted by Gasteiger charge is 2.34. The summed E-state index contributed by atoms with van der Waals surface area (Å²) in [5.74, 6) is 0.514. The third-order valence-electron chi connectivity index (χ3n) is 4.20. The van der Waals surface area contributed by atoms with Crippen LogP contribution in [-0.2, 0) is 4.79 Å². The highest BCUT2D eigenvalue weighted by atomic mass is 35.5. The zero-order valence-electron chi connectivity index (χ0n) is 14.6. The van der Waals surface area contributed by atoms with Gasteiger partial charge in [-0.3, -0.25) is 14.5 Å². The van der Waals surface area contributed by atoms with Gasteiger partial charge in [-0.05, 0) is 55.5 Å². The summed E-state index contributed by atoms with van der Waals surface area (Å²) in [6.07, 6.45) is 0.143. The van der Waals surface area contributed by atoms with Crippen molar-refractivity contribution in [2.75, 3.05) is 25.0 Å². The second kappa shape index (κ2) is 8.34. The van der Waals surface area contributed by atoms with Gasteiger partial charge in [0, 0.05) is 35.8 Å². The number of nitrogens with one attached hydrogen (secondary N) is 1. The molecule has 3 rings (SSSR count). The van der Waals surface area contributed by atoms with Crippen LogP contribution in [0.1, 0.15) is 23.7 Å². The SMILES string of the molecule is CCOc1ccc(NC(=O)C(CC(=O)c2ccc(Cl)cc2)N2CC2)cc1. The van der Waals surface area contributed by atoms with Gasteiger partial charge in [0.05, 0.1) is 12.6 Å². The lowest BCUT2D eigenvalue weighted by Gasteiger charge is -2.17. The van der Waals surface area contributed by atoms with Gasteiger partial charge in [-0.2, -0.15) is 0 Å². The van der Waals surface area contributed by atoms with E-state index in [0.717, 1.165) is 18.8 Å². The molecule has 0 radical (unpaired) electrons. The molecule has 0 aromatic heterocycles. The first kappa shape index (κ1) is 18.4. The fourth-order valence-corrected chi connectivity index (χ4v) is 2.84. The summed E-state index contributed by atoms with van der Waals surface area (Å²) >= 11 is 5.86. The first-order valence-electron chi connectivity index (χ1n) is 8.63. The van der Waals surface area contributed by atoms with Crippen molar-refractivity contribution < 1.29 is 14.3 Å². The van der Waals surface area contributed by atoms with Crippen LogP contribution in [0.3, 0.4) is 0 Å². The smallest absolute Gasteiger partial charge is 0.242 e. The monoisotopic (exact) mass is 372 g/mol. The van der Waals surface area contributed by atoms with E-state index in [-0.39, 0.29) is 18.1 Å². The molecule has 0 saturated carbocycles. The topological polar surface area (TPSA) is 58.4 Å².